The summed E-state index contributed by atoms with van der Waals surface area (Å²) in [7, 11) is 3.96. The van der Waals surface area contributed by atoms with Gasteiger partial charge in [0, 0.05) is 13.1 Å². The van der Waals surface area contributed by atoms with Crippen LogP contribution in [0.1, 0.15) is 24.0 Å². The van der Waals surface area contributed by atoms with Gasteiger partial charge < -0.3 is 20.3 Å². The summed E-state index contributed by atoms with van der Waals surface area (Å²) in [5, 5.41) is 5.60. The zero-order valence-corrected chi connectivity index (χ0v) is 13.7. The summed E-state index contributed by atoms with van der Waals surface area (Å²) in [6.07, 6.45) is 4.90. The van der Waals surface area contributed by atoms with Gasteiger partial charge in [-0.1, -0.05) is 6.07 Å². The molecule has 5 nitrogen and oxygen atoms in total. The minimum atomic E-state index is -0.143. The fourth-order valence-electron chi connectivity index (χ4n) is 2.59. The van der Waals surface area contributed by atoms with Crippen LogP contribution in [0.4, 0.5) is 4.79 Å². The number of rotatable bonds is 7. The van der Waals surface area contributed by atoms with Crippen molar-refractivity contribution in [1.29, 1.82) is 0 Å². The van der Waals surface area contributed by atoms with Crippen molar-refractivity contribution in [2.45, 2.75) is 25.7 Å². The Balaban J connectivity index is 1.63. The average Bonchev–Trinajstić information content (AvgIpc) is 2.51. The Morgan fingerprint density at radius 3 is 2.64 bits per heavy atom. The van der Waals surface area contributed by atoms with Crippen molar-refractivity contribution in [3.05, 3.63) is 29.3 Å². The summed E-state index contributed by atoms with van der Waals surface area (Å²) in [6.45, 7) is 2.47. The van der Waals surface area contributed by atoms with E-state index in [1.165, 1.54) is 30.4 Å². The molecule has 1 aliphatic rings. The number of carbonyl (C=O) groups is 1. The van der Waals surface area contributed by atoms with E-state index < -0.39 is 0 Å². The first-order chi connectivity index (χ1) is 10.6. The predicted molar refractivity (Wildman–Crippen MR) is 88.5 cm³/mol. The molecule has 122 valence electrons. The highest BCUT2D eigenvalue weighted by Gasteiger charge is 2.09. The Morgan fingerprint density at radius 2 is 1.86 bits per heavy atom. The number of urea groups is 1. The van der Waals surface area contributed by atoms with E-state index in [-0.39, 0.29) is 6.03 Å². The predicted octanol–water partition coefficient (Wildman–Crippen LogP) is 1.81. The maximum absolute atomic E-state index is 11.5. The molecule has 0 bridgehead atoms. The standard InChI is InChI=1S/C17H27N3O2/c1-20(2)11-9-18-17(21)19-10-12-22-16-8-7-14-5-3-4-6-15(14)13-16/h7-8,13H,3-6,9-12H2,1-2H3,(H2,18,19,21). The van der Waals surface area contributed by atoms with Crippen LogP contribution in [0.3, 0.4) is 0 Å². The molecule has 0 fully saturated rings. The van der Waals surface area contributed by atoms with Gasteiger partial charge in [-0.3, -0.25) is 0 Å². The molecule has 0 aliphatic heterocycles. The molecular weight excluding hydrogens is 278 g/mol. The fraction of sp³-hybridized carbons (Fsp3) is 0.588. The third-order valence-electron chi connectivity index (χ3n) is 3.82. The molecule has 2 rings (SSSR count). The molecule has 0 heterocycles. The van der Waals surface area contributed by atoms with E-state index in [9.17, 15) is 4.79 Å². The first kappa shape index (κ1) is 16.6. The third-order valence-corrected chi connectivity index (χ3v) is 3.82. The van der Waals surface area contributed by atoms with Gasteiger partial charge in [-0.05, 0) is 63.0 Å². The van der Waals surface area contributed by atoms with Crippen molar-refractivity contribution in [3.63, 3.8) is 0 Å². The van der Waals surface area contributed by atoms with Crippen LogP contribution in [-0.2, 0) is 12.8 Å². The highest BCUT2D eigenvalue weighted by atomic mass is 16.5. The molecular formula is C17H27N3O2. The lowest BCUT2D eigenvalue weighted by molar-refractivity contribution is 0.235. The monoisotopic (exact) mass is 305 g/mol. The molecule has 5 heteroatoms. The van der Waals surface area contributed by atoms with Crippen molar-refractivity contribution >= 4 is 6.03 Å². The molecule has 0 saturated heterocycles. The number of nitrogens with zero attached hydrogens (tertiary/aromatic N) is 1. The first-order valence-corrected chi connectivity index (χ1v) is 8.06. The van der Waals surface area contributed by atoms with E-state index in [1.807, 2.05) is 25.1 Å². The molecule has 0 unspecified atom stereocenters. The van der Waals surface area contributed by atoms with Gasteiger partial charge in [-0.15, -0.1) is 0 Å². The Hall–Kier alpha value is -1.75. The van der Waals surface area contributed by atoms with Gasteiger partial charge in [0.2, 0.25) is 0 Å². The number of carbonyl (C=O) groups excluding carboxylic acids is 1. The molecule has 1 aliphatic carbocycles. The van der Waals surface area contributed by atoms with Crippen LogP contribution >= 0.6 is 0 Å². The minimum Gasteiger partial charge on any atom is -0.492 e. The summed E-state index contributed by atoms with van der Waals surface area (Å²) in [4.78, 5) is 13.6. The lowest BCUT2D eigenvalue weighted by atomic mass is 9.92. The molecule has 22 heavy (non-hydrogen) atoms. The summed E-state index contributed by atoms with van der Waals surface area (Å²) in [5.74, 6) is 0.899. The normalized spacial score (nSPS) is 13.6. The summed E-state index contributed by atoms with van der Waals surface area (Å²) >= 11 is 0. The van der Waals surface area contributed by atoms with Gasteiger partial charge in [0.1, 0.15) is 12.4 Å². The first-order valence-electron chi connectivity index (χ1n) is 8.06. The molecule has 0 atom stereocenters. The minimum absolute atomic E-state index is 0.143. The summed E-state index contributed by atoms with van der Waals surface area (Å²) < 4.78 is 5.71. The largest absolute Gasteiger partial charge is 0.492 e. The van der Waals surface area contributed by atoms with Crippen LogP contribution in [0.15, 0.2) is 18.2 Å². The van der Waals surface area contributed by atoms with Crippen molar-refractivity contribution in [2.24, 2.45) is 0 Å². The second-order valence-electron chi connectivity index (χ2n) is 5.97. The molecule has 2 amide bonds. The highest BCUT2D eigenvalue weighted by molar-refractivity contribution is 5.73. The molecule has 1 aromatic rings. The van der Waals surface area contributed by atoms with E-state index in [1.54, 1.807) is 0 Å². The smallest absolute Gasteiger partial charge is 0.314 e. The van der Waals surface area contributed by atoms with Gasteiger partial charge in [0.25, 0.3) is 0 Å². The van der Waals surface area contributed by atoms with Crippen molar-refractivity contribution < 1.29 is 9.53 Å². The van der Waals surface area contributed by atoms with Crippen LogP contribution < -0.4 is 15.4 Å². The number of nitrogens with one attached hydrogen (secondary N) is 2. The Bertz CT molecular complexity index is 489. The average molecular weight is 305 g/mol. The van der Waals surface area contributed by atoms with Crippen LogP contribution in [0, 0.1) is 0 Å². The van der Waals surface area contributed by atoms with Crippen molar-refractivity contribution in [2.75, 3.05) is 40.3 Å². The van der Waals surface area contributed by atoms with E-state index in [0.29, 0.717) is 19.7 Å². The van der Waals surface area contributed by atoms with Crippen LogP contribution in [0.5, 0.6) is 5.75 Å². The topological polar surface area (TPSA) is 53.6 Å². The quantitative estimate of drug-likeness (QED) is 0.755. The van der Waals surface area contributed by atoms with E-state index >= 15 is 0 Å². The maximum Gasteiger partial charge on any atom is 0.314 e. The fourth-order valence-corrected chi connectivity index (χ4v) is 2.59. The maximum atomic E-state index is 11.5. The van der Waals surface area contributed by atoms with E-state index in [0.717, 1.165) is 18.7 Å². The molecule has 0 aromatic heterocycles. The molecule has 0 radical (unpaired) electrons. The second-order valence-corrected chi connectivity index (χ2v) is 5.97. The van der Waals surface area contributed by atoms with Gasteiger partial charge in [0.15, 0.2) is 0 Å². The number of hydrogen-bond donors (Lipinski definition) is 2. The Labute approximate surface area is 133 Å². The Morgan fingerprint density at radius 1 is 1.14 bits per heavy atom. The second kappa shape index (κ2) is 8.63. The number of hydrogen-bond acceptors (Lipinski definition) is 3. The van der Waals surface area contributed by atoms with Crippen LogP contribution in [0.2, 0.25) is 0 Å². The zero-order chi connectivity index (χ0) is 15.8. The number of aryl methyl sites for hydroxylation is 2. The molecule has 0 saturated carbocycles. The van der Waals surface area contributed by atoms with E-state index in [2.05, 4.69) is 22.8 Å². The molecule has 0 spiro atoms. The third kappa shape index (κ3) is 5.56. The zero-order valence-electron chi connectivity index (χ0n) is 13.7. The number of likely N-dealkylation sites (N-methyl/N-ethyl adjacent to an activating group) is 1. The summed E-state index contributed by atoms with van der Waals surface area (Å²) in [6, 6.07) is 6.20. The van der Waals surface area contributed by atoms with Gasteiger partial charge >= 0.3 is 6.03 Å². The SMILES string of the molecule is CN(C)CCNC(=O)NCCOc1ccc2c(c1)CCCC2. The van der Waals surface area contributed by atoms with Crippen molar-refractivity contribution in [3.8, 4) is 5.75 Å². The van der Waals surface area contributed by atoms with Gasteiger partial charge in [0.05, 0.1) is 6.54 Å². The molecule has 1 aromatic carbocycles. The number of fused-ring (bicyclic) bond motifs is 1. The number of benzene rings is 1. The van der Waals surface area contributed by atoms with E-state index in [4.69, 9.17) is 4.74 Å². The van der Waals surface area contributed by atoms with Gasteiger partial charge in [-0.25, -0.2) is 4.79 Å². The number of amides is 2. The Kier molecular flexibility index (Phi) is 6.52. The number of ether oxygens (including phenoxy) is 1. The highest BCUT2D eigenvalue weighted by Crippen LogP contribution is 2.25. The van der Waals surface area contributed by atoms with Gasteiger partial charge in [-0.2, -0.15) is 0 Å². The van der Waals surface area contributed by atoms with Crippen LogP contribution in [-0.4, -0.2) is 51.3 Å². The van der Waals surface area contributed by atoms with Crippen LogP contribution in [0.25, 0.3) is 0 Å². The van der Waals surface area contributed by atoms with Crippen molar-refractivity contribution in [1.82, 2.24) is 15.5 Å². The lowest BCUT2D eigenvalue weighted by Crippen LogP contribution is -2.40. The lowest BCUT2D eigenvalue weighted by Gasteiger charge is -2.17. The summed E-state index contributed by atoms with van der Waals surface area (Å²) in [5.41, 5.74) is 2.87. The molecule has 2 N–H and O–H groups in total.